The molecule has 2 rings (SSSR count). The highest BCUT2D eigenvalue weighted by Gasteiger charge is 2.22. The van der Waals surface area contributed by atoms with Crippen molar-refractivity contribution < 1.29 is 14.1 Å². The number of halogens is 1. The van der Waals surface area contributed by atoms with E-state index in [0.717, 1.165) is 16.8 Å². The van der Waals surface area contributed by atoms with Crippen LogP contribution in [0.4, 0.5) is 10.2 Å². The van der Waals surface area contributed by atoms with Crippen LogP contribution in [-0.4, -0.2) is 20.6 Å². The van der Waals surface area contributed by atoms with Crippen molar-refractivity contribution in [2.24, 2.45) is 5.73 Å². The summed E-state index contributed by atoms with van der Waals surface area (Å²) in [5, 5.41) is 14.2. The van der Waals surface area contributed by atoms with Crippen molar-refractivity contribution in [1.82, 2.24) is 9.78 Å². The van der Waals surface area contributed by atoms with Crippen molar-refractivity contribution in [1.29, 1.82) is 0 Å². The first kappa shape index (κ1) is 11.7. The van der Waals surface area contributed by atoms with Crippen molar-refractivity contribution in [2.45, 2.75) is 0 Å². The molecule has 7 nitrogen and oxygen atoms in total. The Hall–Kier alpha value is -2.77. The van der Waals surface area contributed by atoms with Crippen LogP contribution >= 0.6 is 0 Å². The number of amides is 1. The topological polar surface area (TPSA) is 104 Å². The first-order valence-electron chi connectivity index (χ1n) is 4.79. The van der Waals surface area contributed by atoms with Crippen molar-refractivity contribution >= 4 is 11.7 Å². The van der Waals surface area contributed by atoms with Gasteiger partial charge in [-0.15, -0.1) is 4.68 Å². The van der Waals surface area contributed by atoms with Crippen molar-refractivity contribution in [3.05, 3.63) is 52.0 Å². The number of rotatable bonds is 3. The number of carbonyl (C=O) groups is 1. The Kier molecular flexibility index (Phi) is 2.76. The third-order valence-corrected chi connectivity index (χ3v) is 2.19. The van der Waals surface area contributed by atoms with E-state index in [-0.39, 0.29) is 11.4 Å². The van der Waals surface area contributed by atoms with Gasteiger partial charge in [-0.05, 0) is 17.1 Å². The smallest absolute Gasteiger partial charge is 0.364 e. The molecule has 1 aromatic carbocycles. The van der Waals surface area contributed by atoms with E-state index < -0.39 is 22.5 Å². The second kappa shape index (κ2) is 4.24. The fraction of sp³-hybridized carbons (Fsp3) is 0. The summed E-state index contributed by atoms with van der Waals surface area (Å²) in [4.78, 5) is 21.0. The van der Waals surface area contributed by atoms with Crippen LogP contribution in [0.5, 0.6) is 0 Å². The van der Waals surface area contributed by atoms with Crippen molar-refractivity contribution in [2.75, 3.05) is 0 Å². The summed E-state index contributed by atoms with van der Waals surface area (Å²) in [5.74, 6) is -1.98. The number of carbonyl (C=O) groups excluding carboxylic acids is 1. The second-order valence-electron chi connectivity index (χ2n) is 3.40. The largest absolute Gasteiger partial charge is 0.391 e. The molecule has 18 heavy (non-hydrogen) atoms. The molecule has 0 spiro atoms. The predicted molar refractivity (Wildman–Crippen MR) is 58.7 cm³/mol. The highest BCUT2D eigenvalue weighted by atomic mass is 19.1. The molecule has 0 saturated carbocycles. The lowest BCUT2D eigenvalue weighted by molar-refractivity contribution is -0.389. The predicted octanol–water partition coefficient (Wildman–Crippen LogP) is 1.02. The van der Waals surface area contributed by atoms with Gasteiger partial charge in [-0.3, -0.25) is 4.79 Å². The van der Waals surface area contributed by atoms with E-state index >= 15 is 0 Å². The molecule has 0 aliphatic carbocycles. The number of hydrogen-bond acceptors (Lipinski definition) is 4. The van der Waals surface area contributed by atoms with Gasteiger partial charge < -0.3 is 15.8 Å². The Bertz CT molecular complexity index is 638. The summed E-state index contributed by atoms with van der Waals surface area (Å²) in [6.07, 6.45) is 0. The van der Waals surface area contributed by atoms with Crippen LogP contribution in [0.1, 0.15) is 10.5 Å². The van der Waals surface area contributed by atoms with Crippen LogP contribution in [0.2, 0.25) is 0 Å². The normalized spacial score (nSPS) is 10.3. The quantitative estimate of drug-likeness (QED) is 0.648. The minimum absolute atomic E-state index is 0.178. The number of aromatic nitrogens is 2. The summed E-state index contributed by atoms with van der Waals surface area (Å²) in [6, 6.07) is 6.07. The molecule has 1 heterocycles. The molecule has 2 N–H and O–H groups in total. The molecule has 1 aromatic heterocycles. The van der Waals surface area contributed by atoms with E-state index in [0.29, 0.717) is 0 Å². The van der Waals surface area contributed by atoms with Gasteiger partial charge in [0.05, 0.1) is 16.9 Å². The maximum Gasteiger partial charge on any atom is 0.391 e. The first-order chi connectivity index (χ1) is 8.49. The molecular formula is C10H7FN4O3. The van der Waals surface area contributed by atoms with Gasteiger partial charge in [0, 0.05) is 6.07 Å². The Morgan fingerprint density at radius 2 is 2.17 bits per heavy atom. The lowest BCUT2D eigenvalue weighted by Crippen LogP contribution is -2.16. The Morgan fingerprint density at radius 1 is 1.44 bits per heavy atom. The van der Waals surface area contributed by atoms with E-state index in [1.54, 1.807) is 0 Å². The average molecular weight is 250 g/mol. The van der Waals surface area contributed by atoms with E-state index in [4.69, 9.17) is 5.73 Å². The van der Waals surface area contributed by atoms with Gasteiger partial charge in [0.1, 0.15) is 5.82 Å². The summed E-state index contributed by atoms with van der Waals surface area (Å²) < 4.78 is 14.0. The van der Waals surface area contributed by atoms with E-state index in [2.05, 4.69) is 5.10 Å². The van der Waals surface area contributed by atoms with Gasteiger partial charge in [-0.2, -0.15) is 0 Å². The van der Waals surface area contributed by atoms with Gasteiger partial charge in [-0.1, -0.05) is 6.07 Å². The van der Waals surface area contributed by atoms with Crippen molar-refractivity contribution in [3.63, 3.8) is 0 Å². The average Bonchev–Trinajstić information content (AvgIpc) is 2.73. The fourth-order valence-electron chi connectivity index (χ4n) is 1.44. The molecule has 2 aromatic rings. The number of benzene rings is 1. The van der Waals surface area contributed by atoms with Crippen LogP contribution in [0, 0.1) is 15.9 Å². The number of nitrogens with two attached hydrogens (primary N) is 1. The van der Waals surface area contributed by atoms with E-state index in [1.165, 1.54) is 18.2 Å². The maximum atomic E-state index is 13.1. The lowest BCUT2D eigenvalue weighted by atomic mass is 10.3. The van der Waals surface area contributed by atoms with Crippen molar-refractivity contribution in [3.8, 4) is 5.69 Å². The zero-order chi connectivity index (χ0) is 13.3. The van der Waals surface area contributed by atoms with E-state index in [9.17, 15) is 19.3 Å². The van der Waals surface area contributed by atoms with Gasteiger partial charge in [0.25, 0.3) is 5.91 Å². The second-order valence-corrected chi connectivity index (χ2v) is 3.40. The molecule has 0 bridgehead atoms. The van der Waals surface area contributed by atoms with Gasteiger partial charge >= 0.3 is 5.82 Å². The standard InChI is InChI=1S/C10H7FN4O3/c11-6-2-1-3-7(4-6)14-8(10(12)16)5-9(13-14)15(17)18/h1-5H,(H2,12,16). The van der Waals surface area contributed by atoms with Crippen LogP contribution in [0.15, 0.2) is 30.3 Å². The molecule has 92 valence electrons. The van der Waals surface area contributed by atoms with Crippen LogP contribution in [-0.2, 0) is 0 Å². The number of nitrogens with zero attached hydrogens (tertiary/aromatic N) is 3. The zero-order valence-electron chi connectivity index (χ0n) is 8.91. The highest BCUT2D eigenvalue weighted by Crippen LogP contribution is 2.17. The third-order valence-electron chi connectivity index (χ3n) is 2.19. The lowest BCUT2D eigenvalue weighted by Gasteiger charge is -1.99. The summed E-state index contributed by atoms with van der Waals surface area (Å²) in [7, 11) is 0. The third kappa shape index (κ3) is 2.03. The van der Waals surface area contributed by atoms with Crippen LogP contribution in [0.25, 0.3) is 5.69 Å². The molecule has 0 aliphatic rings. The molecular weight excluding hydrogens is 243 g/mol. The number of hydrogen-bond donors (Lipinski definition) is 1. The molecule has 0 atom stereocenters. The molecule has 0 saturated heterocycles. The highest BCUT2D eigenvalue weighted by molar-refractivity contribution is 5.92. The molecule has 0 radical (unpaired) electrons. The Balaban J connectivity index is 2.62. The minimum atomic E-state index is -0.889. The zero-order valence-corrected chi connectivity index (χ0v) is 8.91. The molecule has 0 fully saturated rings. The molecule has 0 aliphatic heterocycles. The van der Waals surface area contributed by atoms with Crippen LogP contribution < -0.4 is 5.73 Å². The summed E-state index contributed by atoms with van der Waals surface area (Å²) in [5.41, 5.74) is 5.08. The maximum absolute atomic E-state index is 13.1. The summed E-state index contributed by atoms with van der Waals surface area (Å²) >= 11 is 0. The summed E-state index contributed by atoms with van der Waals surface area (Å²) in [6.45, 7) is 0. The molecule has 1 amide bonds. The monoisotopic (exact) mass is 250 g/mol. The Morgan fingerprint density at radius 3 is 2.72 bits per heavy atom. The van der Waals surface area contributed by atoms with E-state index in [1.807, 2.05) is 0 Å². The van der Waals surface area contributed by atoms with Gasteiger partial charge in [0.2, 0.25) is 0 Å². The number of nitro groups is 1. The SMILES string of the molecule is NC(=O)c1cc([N+](=O)[O-])nn1-c1cccc(F)c1. The van der Waals surface area contributed by atoms with Crippen LogP contribution in [0.3, 0.4) is 0 Å². The molecule has 8 heteroatoms. The van der Waals surface area contributed by atoms with Gasteiger partial charge in [-0.25, -0.2) is 4.39 Å². The fourth-order valence-corrected chi connectivity index (χ4v) is 1.44. The first-order valence-corrected chi connectivity index (χ1v) is 4.79. The Labute approximate surface area is 99.8 Å². The molecule has 0 unspecified atom stereocenters. The minimum Gasteiger partial charge on any atom is -0.364 e. The van der Waals surface area contributed by atoms with Gasteiger partial charge in [0.15, 0.2) is 5.69 Å². The number of primary amides is 1.